The summed E-state index contributed by atoms with van der Waals surface area (Å²) in [7, 11) is 0. The molecule has 0 radical (unpaired) electrons. The minimum absolute atomic E-state index is 0.284. The highest BCUT2D eigenvalue weighted by atomic mass is 14.9. The van der Waals surface area contributed by atoms with E-state index >= 15 is 0 Å². The fourth-order valence-corrected chi connectivity index (χ4v) is 0.267. The number of nitrogens with two attached hydrogens (primary N) is 1. The van der Waals surface area contributed by atoms with Gasteiger partial charge in [0.25, 0.3) is 0 Å². The molecule has 46 valence electrons. The third-order valence-electron chi connectivity index (χ3n) is 0.560. The van der Waals surface area contributed by atoms with Crippen LogP contribution in [0, 0.1) is 11.3 Å². The van der Waals surface area contributed by atoms with Gasteiger partial charge in [-0.05, 0) is 6.08 Å². The highest BCUT2D eigenvalue weighted by Gasteiger charge is 1.74. The smallest absolute Gasteiger partial charge is 0.124 e. The van der Waals surface area contributed by atoms with Gasteiger partial charge in [0.05, 0.1) is 0 Å². The first-order valence-corrected chi connectivity index (χ1v) is 2.31. The molecular weight excluding hydrogens is 114 g/mol. The molecule has 0 saturated heterocycles. The number of rotatable bonds is 2. The van der Waals surface area contributed by atoms with Crippen LogP contribution in [0.25, 0.3) is 0 Å². The number of allylic oxidation sites excluding steroid dienone is 2. The van der Waals surface area contributed by atoms with Gasteiger partial charge in [-0.3, -0.25) is 0 Å². The first-order valence-electron chi connectivity index (χ1n) is 2.31. The van der Waals surface area contributed by atoms with Crippen LogP contribution in [0.5, 0.6) is 0 Å². The Hall–Kier alpha value is -1.56. The minimum atomic E-state index is 0.284. The van der Waals surface area contributed by atoms with Crippen LogP contribution in [0.3, 0.4) is 0 Å². The molecule has 3 nitrogen and oxygen atoms in total. The van der Waals surface area contributed by atoms with Crippen molar-refractivity contribution in [2.75, 3.05) is 0 Å². The van der Waals surface area contributed by atoms with Gasteiger partial charge in [0, 0.05) is 0 Å². The van der Waals surface area contributed by atoms with E-state index in [-0.39, 0.29) is 5.82 Å². The van der Waals surface area contributed by atoms with E-state index in [4.69, 9.17) is 11.0 Å². The summed E-state index contributed by atoms with van der Waals surface area (Å²) in [6, 6.07) is 1.71. The predicted octanol–water partition coefficient (Wildman–Crippen LogP) is 0.567. The lowest BCUT2D eigenvalue weighted by molar-refractivity contribution is 1.26. The van der Waals surface area contributed by atoms with Crippen LogP contribution < -0.4 is 5.73 Å². The van der Waals surface area contributed by atoms with Gasteiger partial charge in [-0.2, -0.15) is 5.26 Å². The van der Waals surface area contributed by atoms with Crippen LogP contribution in [0.2, 0.25) is 0 Å². The lowest BCUT2D eigenvalue weighted by Gasteiger charge is -1.83. The molecule has 0 saturated carbocycles. The maximum Gasteiger partial charge on any atom is 0.124 e. The molecule has 0 unspecified atom stereocenters. The average molecular weight is 121 g/mol. The maximum absolute atomic E-state index is 7.98. The molecule has 0 fully saturated rings. The van der Waals surface area contributed by atoms with Crippen LogP contribution in [0.4, 0.5) is 0 Å². The van der Waals surface area contributed by atoms with Crippen molar-refractivity contribution in [3.05, 3.63) is 24.6 Å². The zero-order valence-corrected chi connectivity index (χ0v) is 4.91. The molecule has 0 aliphatic carbocycles. The summed E-state index contributed by atoms with van der Waals surface area (Å²) in [5, 5.41) is 7.98. The van der Waals surface area contributed by atoms with Gasteiger partial charge >= 0.3 is 0 Å². The van der Waals surface area contributed by atoms with E-state index in [9.17, 15) is 0 Å². The summed E-state index contributed by atoms with van der Waals surface area (Å²) in [5.41, 5.74) is 5.21. The lowest BCUT2D eigenvalue weighted by Crippen LogP contribution is -1.91. The molecule has 0 aromatic carbocycles. The molecule has 0 rings (SSSR count). The summed E-state index contributed by atoms with van der Waals surface area (Å²) >= 11 is 0. The number of hydrogen-bond acceptors (Lipinski definition) is 3. The predicted molar refractivity (Wildman–Crippen MR) is 36.6 cm³/mol. The highest BCUT2D eigenvalue weighted by Crippen LogP contribution is 1.82. The minimum Gasteiger partial charge on any atom is -0.384 e. The molecule has 0 atom stereocenters. The van der Waals surface area contributed by atoms with Crippen LogP contribution in [0.1, 0.15) is 0 Å². The van der Waals surface area contributed by atoms with Gasteiger partial charge in [-0.1, -0.05) is 12.7 Å². The van der Waals surface area contributed by atoms with Crippen molar-refractivity contribution in [2.45, 2.75) is 0 Å². The summed E-state index contributed by atoms with van der Waals surface area (Å²) < 4.78 is 0. The normalized spacial score (nSPS) is 11.2. The second kappa shape index (κ2) is 4.60. The highest BCUT2D eigenvalue weighted by molar-refractivity contribution is 5.75. The van der Waals surface area contributed by atoms with Gasteiger partial charge in [0.2, 0.25) is 0 Å². The van der Waals surface area contributed by atoms with Crippen molar-refractivity contribution < 1.29 is 0 Å². The summed E-state index contributed by atoms with van der Waals surface area (Å²) in [6.07, 6.45) is 4.08. The van der Waals surface area contributed by atoms with Gasteiger partial charge in [0.1, 0.15) is 18.1 Å². The van der Waals surface area contributed by atoms with Crippen molar-refractivity contribution in [2.24, 2.45) is 10.7 Å². The van der Waals surface area contributed by atoms with E-state index < -0.39 is 0 Å². The second-order valence-electron chi connectivity index (χ2n) is 1.21. The van der Waals surface area contributed by atoms with Gasteiger partial charge < -0.3 is 5.73 Å². The van der Waals surface area contributed by atoms with E-state index in [0.717, 1.165) is 6.21 Å². The summed E-state index contributed by atoms with van der Waals surface area (Å²) in [5.74, 6) is 0.284. The fraction of sp³-hybridized carbons (Fsp3) is 0. The first kappa shape index (κ1) is 7.44. The Morgan fingerprint density at radius 1 is 1.78 bits per heavy atom. The van der Waals surface area contributed by atoms with E-state index in [1.54, 1.807) is 6.07 Å². The summed E-state index contributed by atoms with van der Waals surface area (Å²) in [6.45, 7) is 3.40. The Bertz CT molecular complexity index is 183. The molecule has 2 N–H and O–H groups in total. The topological polar surface area (TPSA) is 62.2 Å². The second-order valence-corrected chi connectivity index (χ2v) is 1.21. The Balaban J connectivity index is 3.93. The number of aliphatic imine (C=N–C) groups is 1. The standard InChI is InChI=1S/C6H7N3/c1-2-3-6(8)9-5-4-7/h2-3,5H,1,8H2/b6-3-,9-5?. The van der Waals surface area contributed by atoms with Crippen molar-refractivity contribution in [3.63, 3.8) is 0 Å². The Labute approximate surface area is 53.8 Å². The molecule has 0 amide bonds. The van der Waals surface area contributed by atoms with Crippen LogP contribution >= 0.6 is 0 Å². The zero-order valence-electron chi connectivity index (χ0n) is 4.91. The SMILES string of the molecule is C=C/C=C(/N)N=CC#N. The van der Waals surface area contributed by atoms with Gasteiger partial charge in [-0.25, -0.2) is 4.99 Å². The van der Waals surface area contributed by atoms with Crippen molar-refractivity contribution in [1.29, 1.82) is 5.26 Å². The monoisotopic (exact) mass is 121 g/mol. The average Bonchev–Trinajstić information content (AvgIpc) is 1.85. The molecule has 0 aliphatic heterocycles. The van der Waals surface area contributed by atoms with Crippen molar-refractivity contribution in [3.8, 4) is 6.07 Å². The fourth-order valence-electron chi connectivity index (χ4n) is 0.267. The summed E-state index contributed by atoms with van der Waals surface area (Å²) in [4.78, 5) is 3.51. The van der Waals surface area contributed by atoms with Crippen molar-refractivity contribution in [1.82, 2.24) is 0 Å². The molecule has 0 aliphatic rings. The molecule has 0 aromatic rings. The molecule has 0 aromatic heterocycles. The third kappa shape index (κ3) is 4.29. The molecule has 0 bridgehead atoms. The third-order valence-corrected chi connectivity index (χ3v) is 0.560. The van der Waals surface area contributed by atoms with E-state index in [1.165, 1.54) is 12.2 Å². The molecule has 3 heteroatoms. The number of nitriles is 1. The van der Waals surface area contributed by atoms with Crippen LogP contribution in [-0.2, 0) is 0 Å². The van der Waals surface area contributed by atoms with Crippen molar-refractivity contribution >= 4 is 6.21 Å². The quantitative estimate of drug-likeness (QED) is 0.428. The maximum atomic E-state index is 7.98. The Morgan fingerprint density at radius 2 is 2.44 bits per heavy atom. The number of nitrogens with zero attached hydrogens (tertiary/aromatic N) is 2. The van der Waals surface area contributed by atoms with Gasteiger partial charge in [0.15, 0.2) is 0 Å². The molecule has 0 spiro atoms. The molecular formula is C6H7N3. The molecule has 0 heterocycles. The Morgan fingerprint density at radius 3 is 2.89 bits per heavy atom. The van der Waals surface area contributed by atoms with Gasteiger partial charge in [-0.15, -0.1) is 0 Å². The lowest BCUT2D eigenvalue weighted by atomic mass is 10.5. The van der Waals surface area contributed by atoms with Crippen LogP contribution in [0.15, 0.2) is 29.5 Å². The number of hydrogen-bond donors (Lipinski definition) is 1. The van der Waals surface area contributed by atoms with Crippen LogP contribution in [-0.4, -0.2) is 6.21 Å². The Kier molecular flexibility index (Phi) is 3.80. The molecule has 9 heavy (non-hydrogen) atoms. The van der Waals surface area contributed by atoms with E-state index in [2.05, 4.69) is 11.6 Å². The van der Waals surface area contributed by atoms with E-state index in [1.807, 2.05) is 0 Å². The zero-order chi connectivity index (χ0) is 7.11. The largest absolute Gasteiger partial charge is 0.384 e. The van der Waals surface area contributed by atoms with E-state index in [0.29, 0.717) is 0 Å². The first-order chi connectivity index (χ1) is 4.31.